The van der Waals surface area contributed by atoms with Crippen molar-refractivity contribution < 1.29 is 0 Å². The fourth-order valence-corrected chi connectivity index (χ4v) is 4.44. The summed E-state index contributed by atoms with van der Waals surface area (Å²) in [5, 5.41) is 3.83. The Morgan fingerprint density at radius 3 is 2.67 bits per heavy atom. The first kappa shape index (κ1) is 11.8. The van der Waals surface area contributed by atoms with E-state index in [0.717, 1.165) is 12.0 Å². The van der Waals surface area contributed by atoms with Gasteiger partial charge in [-0.15, -0.1) is 0 Å². The molecule has 0 aromatic carbocycles. The van der Waals surface area contributed by atoms with Crippen molar-refractivity contribution in [3.05, 3.63) is 0 Å². The van der Waals surface area contributed by atoms with E-state index in [4.69, 9.17) is 0 Å². The van der Waals surface area contributed by atoms with E-state index >= 15 is 0 Å². The number of nitrogens with one attached hydrogen (secondary N) is 1. The van der Waals surface area contributed by atoms with Crippen LogP contribution in [0, 0.1) is 11.3 Å². The fourth-order valence-electron chi connectivity index (χ4n) is 2.79. The molecule has 2 heteroatoms. The molecule has 0 amide bonds. The minimum atomic E-state index is 0.518. The van der Waals surface area contributed by atoms with Crippen molar-refractivity contribution >= 4 is 11.8 Å². The lowest BCUT2D eigenvalue weighted by Crippen LogP contribution is -2.47. The first-order valence-electron chi connectivity index (χ1n) is 6.49. The molecule has 15 heavy (non-hydrogen) atoms. The number of rotatable bonds is 3. The lowest BCUT2D eigenvalue weighted by atomic mass is 9.82. The Balaban J connectivity index is 1.76. The van der Waals surface area contributed by atoms with Gasteiger partial charge < -0.3 is 5.32 Å². The van der Waals surface area contributed by atoms with E-state index in [-0.39, 0.29) is 0 Å². The molecule has 1 N–H and O–H groups in total. The number of hydrogen-bond donors (Lipinski definition) is 1. The van der Waals surface area contributed by atoms with Crippen LogP contribution in [0.4, 0.5) is 0 Å². The highest BCUT2D eigenvalue weighted by Gasteiger charge is 2.32. The van der Waals surface area contributed by atoms with Crippen LogP contribution in [-0.2, 0) is 0 Å². The van der Waals surface area contributed by atoms with Gasteiger partial charge in [-0.25, -0.2) is 0 Å². The molecule has 1 saturated carbocycles. The second-order valence-electron chi connectivity index (χ2n) is 5.92. The molecule has 1 heterocycles. The molecule has 1 unspecified atom stereocenters. The fraction of sp³-hybridized carbons (Fsp3) is 1.00. The van der Waals surface area contributed by atoms with E-state index in [0.29, 0.717) is 5.41 Å². The molecule has 2 rings (SSSR count). The smallest absolute Gasteiger partial charge is 0.0209 e. The summed E-state index contributed by atoms with van der Waals surface area (Å²) in [5.74, 6) is 3.65. The molecule has 0 aromatic heterocycles. The van der Waals surface area contributed by atoms with Gasteiger partial charge in [0.1, 0.15) is 0 Å². The number of thioether (sulfide) groups is 1. The zero-order valence-corrected chi connectivity index (χ0v) is 11.0. The summed E-state index contributed by atoms with van der Waals surface area (Å²) in [6, 6.07) is 0.747. The Morgan fingerprint density at radius 2 is 2.00 bits per heavy atom. The first-order valence-corrected chi connectivity index (χ1v) is 7.65. The summed E-state index contributed by atoms with van der Waals surface area (Å²) in [6.07, 6.45) is 7.24. The summed E-state index contributed by atoms with van der Waals surface area (Å²) < 4.78 is 0. The largest absolute Gasteiger partial charge is 0.312 e. The average molecular weight is 227 g/mol. The third-order valence-electron chi connectivity index (χ3n) is 4.25. The van der Waals surface area contributed by atoms with Gasteiger partial charge in [0.05, 0.1) is 0 Å². The van der Waals surface area contributed by atoms with Crippen molar-refractivity contribution in [1.82, 2.24) is 5.32 Å². The molecule has 1 aliphatic carbocycles. The van der Waals surface area contributed by atoms with Gasteiger partial charge in [-0.1, -0.05) is 26.7 Å². The summed E-state index contributed by atoms with van der Waals surface area (Å²) in [4.78, 5) is 0. The molecular formula is C13H25NS. The predicted octanol–water partition coefficient (Wildman–Crippen LogP) is 3.30. The van der Waals surface area contributed by atoms with Gasteiger partial charge in [-0.05, 0) is 42.9 Å². The summed E-state index contributed by atoms with van der Waals surface area (Å²) in [6.45, 7) is 6.13. The first-order chi connectivity index (χ1) is 7.18. The van der Waals surface area contributed by atoms with Crippen LogP contribution >= 0.6 is 11.8 Å². The van der Waals surface area contributed by atoms with Crippen LogP contribution in [0.1, 0.15) is 46.0 Å². The van der Waals surface area contributed by atoms with Crippen LogP contribution in [0.5, 0.6) is 0 Å². The molecule has 1 saturated heterocycles. The third-order valence-corrected chi connectivity index (χ3v) is 5.31. The monoisotopic (exact) mass is 227 g/mol. The maximum absolute atomic E-state index is 3.83. The quantitative estimate of drug-likeness (QED) is 0.794. The maximum atomic E-state index is 3.83. The molecule has 2 fully saturated rings. The maximum Gasteiger partial charge on any atom is 0.0209 e. The Morgan fingerprint density at radius 1 is 1.27 bits per heavy atom. The Hall–Kier alpha value is 0.310. The molecule has 2 aliphatic rings. The molecule has 88 valence electrons. The molecule has 0 bridgehead atoms. The van der Waals surface area contributed by atoms with E-state index in [9.17, 15) is 0 Å². The SMILES string of the molecule is CC1(C)CCSCC1NCC1CCCC1. The van der Waals surface area contributed by atoms with E-state index in [1.807, 2.05) is 0 Å². The van der Waals surface area contributed by atoms with Gasteiger partial charge in [0.2, 0.25) is 0 Å². The van der Waals surface area contributed by atoms with Crippen molar-refractivity contribution in [3.8, 4) is 0 Å². The van der Waals surface area contributed by atoms with Gasteiger partial charge in [-0.2, -0.15) is 11.8 Å². The minimum Gasteiger partial charge on any atom is -0.312 e. The highest BCUT2D eigenvalue weighted by atomic mass is 32.2. The molecule has 0 radical (unpaired) electrons. The minimum absolute atomic E-state index is 0.518. The third kappa shape index (κ3) is 3.13. The lowest BCUT2D eigenvalue weighted by molar-refractivity contribution is 0.237. The highest BCUT2D eigenvalue weighted by molar-refractivity contribution is 7.99. The molecule has 1 nitrogen and oxygen atoms in total. The van der Waals surface area contributed by atoms with Gasteiger partial charge >= 0.3 is 0 Å². The van der Waals surface area contributed by atoms with Crippen molar-refractivity contribution in [2.75, 3.05) is 18.1 Å². The van der Waals surface area contributed by atoms with Gasteiger partial charge in [-0.3, -0.25) is 0 Å². The van der Waals surface area contributed by atoms with Crippen LogP contribution in [-0.4, -0.2) is 24.1 Å². The van der Waals surface area contributed by atoms with Crippen molar-refractivity contribution in [1.29, 1.82) is 0 Å². The highest BCUT2D eigenvalue weighted by Crippen LogP contribution is 2.34. The van der Waals surface area contributed by atoms with Gasteiger partial charge in [0, 0.05) is 11.8 Å². The second kappa shape index (κ2) is 5.09. The van der Waals surface area contributed by atoms with Crippen LogP contribution in [0.15, 0.2) is 0 Å². The predicted molar refractivity (Wildman–Crippen MR) is 69.5 cm³/mol. The van der Waals surface area contributed by atoms with Crippen LogP contribution < -0.4 is 5.32 Å². The Kier molecular flexibility index (Phi) is 4.00. The van der Waals surface area contributed by atoms with Gasteiger partial charge in [0.25, 0.3) is 0 Å². The van der Waals surface area contributed by atoms with E-state index in [2.05, 4.69) is 30.9 Å². The van der Waals surface area contributed by atoms with Crippen LogP contribution in [0.25, 0.3) is 0 Å². The Bertz CT molecular complexity index is 197. The van der Waals surface area contributed by atoms with Crippen LogP contribution in [0.2, 0.25) is 0 Å². The van der Waals surface area contributed by atoms with E-state index in [1.54, 1.807) is 0 Å². The Labute approximate surface area is 98.8 Å². The normalized spacial score (nSPS) is 32.0. The molecule has 0 aromatic rings. The van der Waals surface area contributed by atoms with Gasteiger partial charge in [0.15, 0.2) is 0 Å². The van der Waals surface area contributed by atoms with Crippen molar-refractivity contribution in [2.45, 2.75) is 52.0 Å². The summed E-state index contributed by atoms with van der Waals surface area (Å²) in [7, 11) is 0. The average Bonchev–Trinajstić information content (AvgIpc) is 2.68. The summed E-state index contributed by atoms with van der Waals surface area (Å²) in [5.41, 5.74) is 0.518. The van der Waals surface area contributed by atoms with Crippen molar-refractivity contribution in [3.63, 3.8) is 0 Å². The van der Waals surface area contributed by atoms with Crippen LogP contribution in [0.3, 0.4) is 0 Å². The van der Waals surface area contributed by atoms with Crippen molar-refractivity contribution in [2.24, 2.45) is 11.3 Å². The molecule has 1 atom stereocenters. The lowest BCUT2D eigenvalue weighted by Gasteiger charge is -2.39. The zero-order chi connectivity index (χ0) is 10.7. The molecule has 0 spiro atoms. The summed E-state index contributed by atoms with van der Waals surface area (Å²) >= 11 is 2.13. The second-order valence-corrected chi connectivity index (χ2v) is 7.07. The number of hydrogen-bond acceptors (Lipinski definition) is 2. The zero-order valence-electron chi connectivity index (χ0n) is 10.2. The van der Waals surface area contributed by atoms with E-state index < -0.39 is 0 Å². The molecule has 1 aliphatic heterocycles. The van der Waals surface area contributed by atoms with E-state index in [1.165, 1.54) is 50.2 Å². The standard InChI is InChI=1S/C13H25NS/c1-13(2)7-8-15-10-12(13)14-9-11-5-3-4-6-11/h11-12,14H,3-10H2,1-2H3. The molecular weight excluding hydrogens is 202 g/mol. The topological polar surface area (TPSA) is 12.0 Å².